The van der Waals surface area contributed by atoms with Crippen LogP contribution in [0.4, 0.5) is 0 Å². The summed E-state index contributed by atoms with van der Waals surface area (Å²) in [7, 11) is 0. The molecule has 0 radical (unpaired) electrons. The van der Waals surface area contributed by atoms with E-state index in [2.05, 4.69) is 43.0 Å². The molecule has 1 fully saturated rings. The molecule has 1 aromatic carbocycles. The minimum atomic E-state index is -0.0193. The summed E-state index contributed by atoms with van der Waals surface area (Å²) < 4.78 is 6.05. The number of hydrogen-bond donors (Lipinski definition) is 1. The third-order valence-electron chi connectivity index (χ3n) is 5.65. The quantitative estimate of drug-likeness (QED) is 0.929. The average Bonchev–Trinajstić information content (AvgIpc) is 2.54. The van der Waals surface area contributed by atoms with Crippen molar-refractivity contribution in [3.63, 3.8) is 0 Å². The van der Waals surface area contributed by atoms with Crippen molar-refractivity contribution in [3.8, 4) is 0 Å². The standard InChI is InChI=1S/C18H28N2O/c1-3-17(2)13-18(14-19,9-11-21-17)20-10-8-15-6-4-5-7-16(15)12-20/h4-7H,3,8-14,19H2,1-2H3. The minimum absolute atomic E-state index is 0.0193. The second kappa shape index (κ2) is 5.71. The lowest BCUT2D eigenvalue weighted by atomic mass is 9.77. The van der Waals surface area contributed by atoms with E-state index in [1.807, 2.05) is 0 Å². The van der Waals surface area contributed by atoms with Crippen LogP contribution in [0.15, 0.2) is 24.3 Å². The van der Waals surface area contributed by atoms with Gasteiger partial charge in [0.25, 0.3) is 0 Å². The molecule has 1 saturated heterocycles. The van der Waals surface area contributed by atoms with E-state index in [4.69, 9.17) is 10.5 Å². The molecule has 2 aliphatic rings. The summed E-state index contributed by atoms with van der Waals surface area (Å²) in [5.41, 5.74) is 9.34. The SMILES string of the molecule is CCC1(C)CC(CN)(N2CCc3ccccc3C2)CCO1. The molecule has 0 saturated carbocycles. The van der Waals surface area contributed by atoms with Gasteiger partial charge in [0.15, 0.2) is 0 Å². The van der Waals surface area contributed by atoms with Crippen LogP contribution in [0.3, 0.4) is 0 Å². The Morgan fingerprint density at radius 1 is 1.29 bits per heavy atom. The molecule has 2 aliphatic heterocycles. The normalized spacial score (nSPS) is 33.7. The van der Waals surface area contributed by atoms with Crippen LogP contribution in [0.1, 0.15) is 44.2 Å². The number of fused-ring (bicyclic) bond motifs is 1. The first-order valence-electron chi connectivity index (χ1n) is 8.27. The van der Waals surface area contributed by atoms with Gasteiger partial charge in [-0.2, -0.15) is 0 Å². The van der Waals surface area contributed by atoms with E-state index >= 15 is 0 Å². The number of hydrogen-bond acceptors (Lipinski definition) is 3. The van der Waals surface area contributed by atoms with Gasteiger partial charge < -0.3 is 10.5 Å². The summed E-state index contributed by atoms with van der Waals surface area (Å²) >= 11 is 0. The molecule has 0 amide bonds. The maximum atomic E-state index is 6.27. The van der Waals surface area contributed by atoms with Gasteiger partial charge in [-0.15, -0.1) is 0 Å². The molecule has 2 atom stereocenters. The highest BCUT2D eigenvalue weighted by molar-refractivity contribution is 5.29. The van der Waals surface area contributed by atoms with E-state index in [0.717, 1.165) is 51.9 Å². The second-order valence-electron chi connectivity index (χ2n) is 6.95. The van der Waals surface area contributed by atoms with Crippen molar-refractivity contribution in [1.29, 1.82) is 0 Å². The van der Waals surface area contributed by atoms with Gasteiger partial charge in [-0.05, 0) is 43.7 Å². The first-order chi connectivity index (χ1) is 10.1. The van der Waals surface area contributed by atoms with E-state index in [1.54, 1.807) is 0 Å². The third kappa shape index (κ3) is 2.75. The molecule has 0 spiro atoms. The Bertz CT molecular complexity index is 504. The molecule has 3 heteroatoms. The topological polar surface area (TPSA) is 38.5 Å². The van der Waals surface area contributed by atoms with Gasteiger partial charge in [0.05, 0.1) is 5.60 Å². The Hall–Kier alpha value is -0.900. The van der Waals surface area contributed by atoms with Crippen molar-refractivity contribution in [2.75, 3.05) is 19.7 Å². The van der Waals surface area contributed by atoms with Gasteiger partial charge in [0.2, 0.25) is 0 Å². The van der Waals surface area contributed by atoms with Crippen LogP contribution in [0, 0.1) is 0 Å². The summed E-state index contributed by atoms with van der Waals surface area (Å²) in [5, 5.41) is 0. The number of rotatable bonds is 3. The second-order valence-corrected chi connectivity index (χ2v) is 6.95. The average molecular weight is 288 g/mol. The Balaban J connectivity index is 1.84. The Kier molecular flexibility index (Phi) is 4.08. The highest BCUT2D eigenvalue weighted by Crippen LogP contribution is 2.39. The van der Waals surface area contributed by atoms with Crippen LogP contribution in [0.2, 0.25) is 0 Å². The molecule has 21 heavy (non-hydrogen) atoms. The molecule has 0 aromatic heterocycles. The smallest absolute Gasteiger partial charge is 0.0670 e. The largest absolute Gasteiger partial charge is 0.375 e. The summed E-state index contributed by atoms with van der Waals surface area (Å²) in [6.07, 6.45) is 4.30. The molecule has 0 aliphatic carbocycles. The Morgan fingerprint density at radius 3 is 2.76 bits per heavy atom. The number of ether oxygens (including phenoxy) is 1. The Morgan fingerprint density at radius 2 is 2.05 bits per heavy atom. The molecule has 0 bridgehead atoms. The molecule has 3 nitrogen and oxygen atoms in total. The van der Waals surface area contributed by atoms with Crippen LogP contribution >= 0.6 is 0 Å². The first kappa shape index (κ1) is 15.0. The van der Waals surface area contributed by atoms with Gasteiger partial charge in [0.1, 0.15) is 0 Å². The van der Waals surface area contributed by atoms with Gasteiger partial charge >= 0.3 is 0 Å². The van der Waals surface area contributed by atoms with E-state index in [0.29, 0.717) is 0 Å². The summed E-state index contributed by atoms with van der Waals surface area (Å²) in [6.45, 7) is 8.18. The van der Waals surface area contributed by atoms with Crippen LogP contribution in [-0.4, -0.2) is 35.7 Å². The molecular weight excluding hydrogens is 260 g/mol. The van der Waals surface area contributed by atoms with E-state index in [1.165, 1.54) is 11.1 Å². The monoisotopic (exact) mass is 288 g/mol. The Labute approximate surface area is 128 Å². The van der Waals surface area contributed by atoms with Crippen molar-refractivity contribution in [2.24, 2.45) is 5.73 Å². The zero-order valence-electron chi connectivity index (χ0n) is 13.4. The number of nitrogens with two attached hydrogens (primary N) is 1. The highest BCUT2D eigenvalue weighted by atomic mass is 16.5. The van der Waals surface area contributed by atoms with Gasteiger partial charge in [-0.3, -0.25) is 4.90 Å². The minimum Gasteiger partial charge on any atom is -0.375 e. The van der Waals surface area contributed by atoms with Crippen LogP contribution in [0.5, 0.6) is 0 Å². The predicted octanol–water partition coefficient (Wildman–Crippen LogP) is 2.72. The van der Waals surface area contributed by atoms with Gasteiger partial charge in [0, 0.05) is 31.8 Å². The highest BCUT2D eigenvalue weighted by Gasteiger charge is 2.45. The van der Waals surface area contributed by atoms with Crippen molar-refractivity contribution < 1.29 is 4.74 Å². The molecule has 116 valence electrons. The maximum absolute atomic E-state index is 6.27. The van der Waals surface area contributed by atoms with Crippen molar-refractivity contribution in [3.05, 3.63) is 35.4 Å². The van der Waals surface area contributed by atoms with Gasteiger partial charge in [-0.25, -0.2) is 0 Å². The number of nitrogens with zero attached hydrogens (tertiary/aromatic N) is 1. The summed E-state index contributed by atoms with van der Waals surface area (Å²) in [6, 6.07) is 8.83. The van der Waals surface area contributed by atoms with Crippen LogP contribution in [-0.2, 0) is 17.7 Å². The first-order valence-corrected chi connectivity index (χ1v) is 8.27. The van der Waals surface area contributed by atoms with Crippen LogP contribution in [0.25, 0.3) is 0 Å². The summed E-state index contributed by atoms with van der Waals surface area (Å²) in [4.78, 5) is 2.63. The fraction of sp³-hybridized carbons (Fsp3) is 0.667. The zero-order chi connectivity index (χ0) is 14.9. The molecule has 1 aromatic rings. The van der Waals surface area contributed by atoms with Crippen molar-refractivity contribution in [2.45, 2.75) is 57.2 Å². The summed E-state index contributed by atoms with van der Waals surface area (Å²) in [5.74, 6) is 0. The van der Waals surface area contributed by atoms with Gasteiger partial charge in [-0.1, -0.05) is 31.2 Å². The molecule has 3 rings (SSSR count). The van der Waals surface area contributed by atoms with E-state index in [-0.39, 0.29) is 11.1 Å². The number of benzene rings is 1. The zero-order valence-corrected chi connectivity index (χ0v) is 13.4. The van der Waals surface area contributed by atoms with Crippen molar-refractivity contribution >= 4 is 0 Å². The molecular formula is C18H28N2O. The van der Waals surface area contributed by atoms with Crippen LogP contribution < -0.4 is 5.73 Å². The third-order valence-corrected chi connectivity index (χ3v) is 5.65. The fourth-order valence-electron chi connectivity index (χ4n) is 4.02. The molecule has 2 N–H and O–H groups in total. The molecule has 2 unspecified atom stereocenters. The lowest BCUT2D eigenvalue weighted by molar-refractivity contribution is -0.131. The predicted molar refractivity (Wildman–Crippen MR) is 86.2 cm³/mol. The maximum Gasteiger partial charge on any atom is 0.0670 e. The van der Waals surface area contributed by atoms with E-state index in [9.17, 15) is 0 Å². The lowest BCUT2D eigenvalue weighted by Gasteiger charge is -2.52. The van der Waals surface area contributed by atoms with E-state index < -0.39 is 0 Å². The fourth-order valence-corrected chi connectivity index (χ4v) is 4.02. The van der Waals surface area contributed by atoms with Crippen molar-refractivity contribution in [1.82, 2.24) is 4.90 Å². The lowest BCUT2D eigenvalue weighted by Crippen LogP contribution is -2.61. The molecule has 2 heterocycles.